The molecule has 2 N–H and O–H groups in total. The Morgan fingerprint density at radius 3 is 1.41 bits per heavy atom. The van der Waals surface area contributed by atoms with Gasteiger partial charge in [-0.05, 0) is 13.1 Å². The molecule has 6 nitrogen and oxygen atoms in total. The molecule has 106 valence electrons. The van der Waals surface area contributed by atoms with Crippen LogP contribution in [0.2, 0.25) is 0 Å². The van der Waals surface area contributed by atoms with E-state index in [1.54, 1.807) is 0 Å². The molecule has 0 rings (SSSR count). The van der Waals surface area contributed by atoms with Crippen LogP contribution in [-0.4, -0.2) is 35.4 Å². The number of hydrogen-bond acceptors (Lipinski definition) is 5. The largest absolute Gasteiger partial charge is 0.512 e. The van der Waals surface area contributed by atoms with Crippen LogP contribution >= 0.6 is 0 Å². The topological polar surface area (TPSA) is 92.3 Å². The van der Waals surface area contributed by atoms with Crippen molar-refractivity contribution < 1.29 is 33.9 Å². The number of halogens is 4. The molecule has 0 radical (unpaired) electrons. The molecule has 0 fully saturated rings. The monoisotopic (exact) mass is 304 g/mol. The van der Waals surface area contributed by atoms with Crippen LogP contribution in [0, 0.1) is 0 Å². The fourth-order valence-corrected chi connectivity index (χ4v) is 1.85. The quantitative estimate of drug-likeness (QED) is 0.574. The second kappa shape index (κ2) is 7.08. The SMILES string of the molecule is CCNCC.O=S(=O)(F)NS(=O)(=O)C(F)(F)F. The summed E-state index contributed by atoms with van der Waals surface area (Å²) in [6.45, 7) is 6.39. The van der Waals surface area contributed by atoms with Gasteiger partial charge in [-0.3, -0.25) is 0 Å². The fraction of sp³-hybridized carbons (Fsp3) is 1.00. The molecule has 0 unspecified atom stereocenters. The average Bonchev–Trinajstić information content (AvgIpc) is 1.99. The van der Waals surface area contributed by atoms with Crippen LogP contribution in [-0.2, 0) is 20.4 Å². The van der Waals surface area contributed by atoms with Crippen molar-refractivity contribution in [3.05, 3.63) is 0 Å². The van der Waals surface area contributed by atoms with Crippen LogP contribution in [0.25, 0.3) is 0 Å². The highest BCUT2D eigenvalue weighted by Gasteiger charge is 2.48. The van der Waals surface area contributed by atoms with Crippen LogP contribution in [0.15, 0.2) is 0 Å². The zero-order chi connectivity index (χ0) is 14.3. The van der Waals surface area contributed by atoms with Gasteiger partial charge in [-0.25, -0.2) is 8.42 Å². The summed E-state index contributed by atoms with van der Waals surface area (Å²) in [4.78, 5) is 0. The molecule has 0 spiro atoms. The van der Waals surface area contributed by atoms with Gasteiger partial charge in [0.15, 0.2) is 0 Å². The van der Waals surface area contributed by atoms with Crippen LogP contribution in [0.4, 0.5) is 17.1 Å². The number of nitrogens with one attached hydrogen (secondary N) is 2. The lowest BCUT2D eigenvalue weighted by atomic mass is 10.7. The molecule has 0 amide bonds. The molecule has 0 aromatic rings. The lowest BCUT2D eigenvalue weighted by molar-refractivity contribution is -0.0441. The zero-order valence-corrected chi connectivity index (χ0v) is 10.5. The lowest BCUT2D eigenvalue weighted by Gasteiger charge is -2.04. The number of sulfonamides is 1. The van der Waals surface area contributed by atoms with E-state index < -0.39 is 25.9 Å². The highest BCUT2D eigenvalue weighted by molar-refractivity contribution is 8.03. The zero-order valence-electron chi connectivity index (χ0n) is 8.88. The molecule has 0 heterocycles. The highest BCUT2D eigenvalue weighted by atomic mass is 32.3. The maximum Gasteiger partial charge on any atom is 0.512 e. The Kier molecular flexibility index (Phi) is 7.87. The van der Waals surface area contributed by atoms with Crippen molar-refractivity contribution in [3.8, 4) is 0 Å². The van der Waals surface area contributed by atoms with E-state index in [1.807, 2.05) is 0 Å². The van der Waals surface area contributed by atoms with E-state index >= 15 is 0 Å². The van der Waals surface area contributed by atoms with Crippen molar-refractivity contribution in [1.82, 2.24) is 9.44 Å². The molecule has 0 atom stereocenters. The van der Waals surface area contributed by atoms with Gasteiger partial charge >= 0.3 is 25.9 Å². The molecule has 12 heteroatoms. The van der Waals surface area contributed by atoms with Crippen molar-refractivity contribution in [3.63, 3.8) is 0 Å². The van der Waals surface area contributed by atoms with Crippen molar-refractivity contribution in [2.45, 2.75) is 19.4 Å². The first-order valence-electron chi connectivity index (χ1n) is 4.12. The Balaban J connectivity index is 0. The first kappa shape index (κ1) is 18.9. The van der Waals surface area contributed by atoms with E-state index in [2.05, 4.69) is 19.2 Å². The summed E-state index contributed by atoms with van der Waals surface area (Å²) in [5.41, 5.74) is -5.86. The van der Waals surface area contributed by atoms with Gasteiger partial charge in [0.2, 0.25) is 0 Å². The van der Waals surface area contributed by atoms with Crippen molar-refractivity contribution in [2.75, 3.05) is 13.1 Å². The van der Waals surface area contributed by atoms with Gasteiger partial charge in [0, 0.05) is 0 Å². The summed E-state index contributed by atoms with van der Waals surface area (Å²) in [7, 11) is -12.1. The van der Waals surface area contributed by atoms with Gasteiger partial charge in [-0.15, -0.1) is 0 Å². The Labute approximate surface area is 96.8 Å². The number of hydrogen-bond donors (Lipinski definition) is 2. The molecular weight excluding hydrogens is 292 g/mol. The van der Waals surface area contributed by atoms with Gasteiger partial charge < -0.3 is 5.32 Å². The number of rotatable bonds is 4. The molecule has 0 aliphatic carbocycles. The Hall–Kier alpha value is -0.460. The normalized spacial score (nSPS) is 12.8. The van der Waals surface area contributed by atoms with E-state index in [4.69, 9.17) is 0 Å². The van der Waals surface area contributed by atoms with E-state index in [1.165, 1.54) is 0 Å². The molecule has 0 aliphatic rings. The van der Waals surface area contributed by atoms with Gasteiger partial charge in [-0.1, -0.05) is 21.9 Å². The summed E-state index contributed by atoms with van der Waals surface area (Å²) in [5.74, 6) is 0. The maximum atomic E-state index is 11.4. The average molecular weight is 304 g/mol. The van der Waals surface area contributed by atoms with E-state index in [-0.39, 0.29) is 4.13 Å². The van der Waals surface area contributed by atoms with Gasteiger partial charge in [0.25, 0.3) is 0 Å². The number of alkyl halides is 3. The molecule has 0 bridgehead atoms. The molecule has 0 aromatic heterocycles. The Morgan fingerprint density at radius 1 is 1.00 bits per heavy atom. The Morgan fingerprint density at radius 2 is 1.35 bits per heavy atom. The van der Waals surface area contributed by atoms with Crippen molar-refractivity contribution in [1.29, 1.82) is 0 Å². The van der Waals surface area contributed by atoms with E-state index in [0.717, 1.165) is 13.1 Å². The smallest absolute Gasteiger partial charge is 0.317 e. The predicted molar refractivity (Wildman–Crippen MR) is 52.4 cm³/mol. The fourth-order valence-electron chi connectivity index (χ4n) is 0.428. The summed E-state index contributed by atoms with van der Waals surface area (Å²) in [6, 6.07) is 0. The minimum Gasteiger partial charge on any atom is -0.317 e. The maximum absolute atomic E-state index is 11.4. The lowest BCUT2D eigenvalue weighted by Crippen LogP contribution is -2.38. The summed E-state index contributed by atoms with van der Waals surface area (Å²) in [5, 5.41) is 3.11. The third-order valence-corrected chi connectivity index (χ3v) is 3.30. The predicted octanol–water partition coefficient (Wildman–Crippen LogP) is 0.256. The summed E-state index contributed by atoms with van der Waals surface area (Å²) >= 11 is 0. The van der Waals surface area contributed by atoms with Gasteiger partial charge in [0.05, 0.1) is 0 Å². The highest BCUT2D eigenvalue weighted by Crippen LogP contribution is 2.22. The molecule has 0 saturated carbocycles. The van der Waals surface area contributed by atoms with Crippen molar-refractivity contribution >= 4 is 20.4 Å². The first-order chi connectivity index (χ1) is 7.37. The second-order valence-corrected chi connectivity index (χ2v) is 5.44. The molecule has 0 aliphatic heterocycles. The van der Waals surface area contributed by atoms with Crippen LogP contribution in [0.1, 0.15) is 13.8 Å². The Bertz CT molecular complexity index is 400. The van der Waals surface area contributed by atoms with Crippen LogP contribution in [0.5, 0.6) is 0 Å². The van der Waals surface area contributed by atoms with E-state index in [0.29, 0.717) is 0 Å². The molecule has 0 aromatic carbocycles. The van der Waals surface area contributed by atoms with Crippen LogP contribution in [0.3, 0.4) is 0 Å². The molecular formula is C5H12F4N2O4S2. The minimum absolute atomic E-state index is 0.212. The summed E-state index contributed by atoms with van der Waals surface area (Å²) < 4.78 is 83.5. The standard InChI is InChI=1S/C4H11N.CHF4NO4S2/c1-3-5-4-2;2-1(3,4)11(7,8)6-12(5,9)10/h5H,3-4H2,1-2H3;6H. The minimum atomic E-state index is -6.17. The van der Waals surface area contributed by atoms with Crippen molar-refractivity contribution in [2.24, 2.45) is 0 Å². The molecule has 0 saturated heterocycles. The molecule has 17 heavy (non-hydrogen) atoms. The second-order valence-electron chi connectivity index (χ2n) is 2.43. The third-order valence-electron chi connectivity index (χ3n) is 1.01. The first-order valence-corrected chi connectivity index (χ1v) is 6.99. The van der Waals surface area contributed by atoms with E-state index in [9.17, 15) is 33.9 Å². The summed E-state index contributed by atoms with van der Waals surface area (Å²) in [6.07, 6.45) is 0. The van der Waals surface area contributed by atoms with Gasteiger partial charge in [-0.2, -0.15) is 21.6 Å². The van der Waals surface area contributed by atoms with Gasteiger partial charge in [0.1, 0.15) is 0 Å². The third kappa shape index (κ3) is 10.4. The van der Waals surface area contributed by atoms with Crippen LogP contribution < -0.4 is 9.44 Å².